The monoisotopic (exact) mass is 354 g/mol. The van der Waals surface area contributed by atoms with E-state index in [4.69, 9.17) is 0 Å². The highest BCUT2D eigenvalue weighted by Gasteiger charge is 2.07. The highest BCUT2D eigenvalue weighted by atomic mass is 19.2. The van der Waals surface area contributed by atoms with Gasteiger partial charge in [-0.3, -0.25) is 4.79 Å². The average molecular weight is 354 g/mol. The molecule has 0 radical (unpaired) electrons. The lowest BCUT2D eigenvalue weighted by Crippen LogP contribution is -2.03. The molecule has 1 aromatic heterocycles. The van der Waals surface area contributed by atoms with E-state index < -0.39 is 11.6 Å². The van der Waals surface area contributed by atoms with Crippen LogP contribution in [0.25, 0.3) is 0 Å². The number of aromatic nitrogens is 2. The first-order valence-corrected chi connectivity index (χ1v) is 7.86. The zero-order valence-electron chi connectivity index (χ0n) is 14.2. The van der Waals surface area contributed by atoms with Crippen LogP contribution in [0.4, 0.5) is 31.9 Å². The van der Waals surface area contributed by atoms with Crippen LogP contribution in [0, 0.1) is 18.6 Å². The average Bonchev–Trinajstić information content (AvgIpc) is 2.58. The summed E-state index contributed by atoms with van der Waals surface area (Å²) in [5, 5.41) is 5.95. The molecule has 0 amide bonds. The van der Waals surface area contributed by atoms with E-state index in [1.807, 2.05) is 0 Å². The van der Waals surface area contributed by atoms with E-state index in [9.17, 15) is 13.6 Å². The fourth-order valence-electron chi connectivity index (χ4n) is 2.36. The summed E-state index contributed by atoms with van der Waals surface area (Å²) in [5.41, 5.74) is 2.28. The van der Waals surface area contributed by atoms with Gasteiger partial charge in [-0.05, 0) is 38.1 Å². The van der Waals surface area contributed by atoms with Crippen molar-refractivity contribution in [2.45, 2.75) is 13.8 Å². The Hall–Kier alpha value is -3.35. The molecule has 7 heteroatoms. The van der Waals surface area contributed by atoms with Gasteiger partial charge in [0.1, 0.15) is 5.82 Å². The maximum Gasteiger partial charge on any atom is 0.229 e. The number of halogens is 2. The first-order chi connectivity index (χ1) is 12.4. The molecule has 0 saturated carbocycles. The fraction of sp³-hybridized carbons (Fsp3) is 0.105. The number of ketones is 1. The lowest BCUT2D eigenvalue weighted by Gasteiger charge is -2.10. The van der Waals surface area contributed by atoms with E-state index in [1.165, 1.54) is 13.0 Å². The number of hydrogen-bond donors (Lipinski definition) is 2. The number of benzene rings is 2. The maximum atomic E-state index is 13.3. The Morgan fingerprint density at radius 1 is 0.923 bits per heavy atom. The summed E-state index contributed by atoms with van der Waals surface area (Å²) in [4.78, 5) is 20.1. The van der Waals surface area contributed by atoms with Gasteiger partial charge in [0.05, 0.1) is 0 Å². The highest BCUT2D eigenvalue weighted by molar-refractivity contribution is 5.95. The number of aryl methyl sites for hydroxylation is 1. The number of carbonyl (C=O) groups excluding carboxylic acids is 1. The van der Waals surface area contributed by atoms with E-state index in [-0.39, 0.29) is 5.78 Å². The second-order valence-corrected chi connectivity index (χ2v) is 5.73. The van der Waals surface area contributed by atoms with Crippen molar-refractivity contribution in [2.75, 3.05) is 10.6 Å². The van der Waals surface area contributed by atoms with Crippen LogP contribution >= 0.6 is 0 Å². The van der Waals surface area contributed by atoms with Crippen LogP contribution in [0.1, 0.15) is 23.0 Å². The Labute approximate surface area is 149 Å². The summed E-state index contributed by atoms with van der Waals surface area (Å²) in [6, 6.07) is 12.2. The first-order valence-electron chi connectivity index (χ1n) is 7.86. The van der Waals surface area contributed by atoms with Crippen molar-refractivity contribution in [2.24, 2.45) is 0 Å². The van der Waals surface area contributed by atoms with E-state index in [1.54, 1.807) is 37.3 Å². The van der Waals surface area contributed by atoms with Crippen molar-refractivity contribution in [3.05, 3.63) is 71.4 Å². The second kappa shape index (κ2) is 7.26. The smallest absolute Gasteiger partial charge is 0.229 e. The molecule has 0 unspecified atom stereocenters. The van der Waals surface area contributed by atoms with Gasteiger partial charge in [0, 0.05) is 34.8 Å². The zero-order valence-corrected chi connectivity index (χ0v) is 14.2. The molecule has 0 bridgehead atoms. The number of carbonyl (C=O) groups is 1. The summed E-state index contributed by atoms with van der Waals surface area (Å²) in [6.45, 7) is 3.28. The van der Waals surface area contributed by atoms with Gasteiger partial charge in [0.25, 0.3) is 0 Å². The molecular formula is C19H16F2N4O. The first kappa shape index (κ1) is 17.5. The van der Waals surface area contributed by atoms with Gasteiger partial charge in [-0.1, -0.05) is 12.1 Å². The molecule has 3 aromatic rings. The van der Waals surface area contributed by atoms with Gasteiger partial charge in [-0.15, -0.1) is 0 Å². The third kappa shape index (κ3) is 4.18. The molecular weight excluding hydrogens is 338 g/mol. The number of anilines is 4. The number of Topliss-reactive ketones (excluding diaryl/α,β-unsaturated/α-hetero) is 1. The molecule has 132 valence electrons. The Balaban J connectivity index is 1.84. The molecule has 0 aliphatic carbocycles. The van der Waals surface area contributed by atoms with Gasteiger partial charge in [-0.25, -0.2) is 13.8 Å². The minimum Gasteiger partial charge on any atom is -0.340 e. The lowest BCUT2D eigenvalue weighted by atomic mass is 10.1. The molecule has 0 fully saturated rings. The SMILES string of the molecule is CC(=O)c1cccc(Nc2nc(C)cc(Nc3ccc(F)c(F)c3)n2)c1. The second-order valence-electron chi connectivity index (χ2n) is 5.73. The summed E-state index contributed by atoms with van der Waals surface area (Å²) in [7, 11) is 0. The molecule has 2 aromatic carbocycles. The van der Waals surface area contributed by atoms with E-state index in [0.29, 0.717) is 34.4 Å². The van der Waals surface area contributed by atoms with Crippen LogP contribution in [-0.2, 0) is 0 Å². The van der Waals surface area contributed by atoms with Crippen LogP contribution in [0.15, 0.2) is 48.5 Å². The molecule has 0 atom stereocenters. The minimum atomic E-state index is -0.944. The van der Waals surface area contributed by atoms with Crippen LogP contribution < -0.4 is 10.6 Å². The standard InChI is InChI=1S/C19H16F2N4O/c1-11-8-18(23-15-6-7-16(20)17(21)10-15)25-19(22-11)24-14-5-3-4-13(9-14)12(2)26/h3-10H,1-2H3,(H2,22,23,24,25). The zero-order chi connectivity index (χ0) is 18.7. The molecule has 3 rings (SSSR count). The van der Waals surface area contributed by atoms with E-state index in [0.717, 1.165) is 12.1 Å². The summed E-state index contributed by atoms with van der Waals surface area (Å²) >= 11 is 0. The number of hydrogen-bond acceptors (Lipinski definition) is 5. The molecule has 0 aliphatic rings. The molecule has 0 saturated heterocycles. The quantitative estimate of drug-likeness (QED) is 0.647. The molecule has 5 nitrogen and oxygen atoms in total. The van der Waals surface area contributed by atoms with Crippen molar-refractivity contribution < 1.29 is 13.6 Å². The highest BCUT2D eigenvalue weighted by Crippen LogP contribution is 2.21. The van der Waals surface area contributed by atoms with E-state index >= 15 is 0 Å². The Morgan fingerprint density at radius 2 is 1.69 bits per heavy atom. The third-order valence-electron chi connectivity index (χ3n) is 3.57. The molecule has 2 N–H and O–H groups in total. The Kier molecular flexibility index (Phi) is 4.88. The summed E-state index contributed by atoms with van der Waals surface area (Å²) < 4.78 is 26.4. The van der Waals surface area contributed by atoms with Gasteiger partial charge < -0.3 is 10.6 Å². The molecule has 26 heavy (non-hydrogen) atoms. The Morgan fingerprint density at radius 3 is 2.42 bits per heavy atom. The van der Waals surface area contributed by atoms with Crippen molar-refractivity contribution in [3.63, 3.8) is 0 Å². The summed E-state index contributed by atoms with van der Waals surface area (Å²) in [6.07, 6.45) is 0. The lowest BCUT2D eigenvalue weighted by molar-refractivity contribution is 0.101. The van der Waals surface area contributed by atoms with Gasteiger partial charge in [-0.2, -0.15) is 4.98 Å². The third-order valence-corrected chi connectivity index (χ3v) is 3.57. The number of nitrogens with one attached hydrogen (secondary N) is 2. The van der Waals surface area contributed by atoms with Crippen molar-refractivity contribution in [3.8, 4) is 0 Å². The topological polar surface area (TPSA) is 66.9 Å². The molecule has 0 aliphatic heterocycles. The molecule has 1 heterocycles. The Bertz CT molecular complexity index is 976. The summed E-state index contributed by atoms with van der Waals surface area (Å²) in [5.74, 6) is -1.16. The van der Waals surface area contributed by atoms with Crippen molar-refractivity contribution in [1.29, 1.82) is 0 Å². The van der Waals surface area contributed by atoms with Crippen LogP contribution in [-0.4, -0.2) is 15.8 Å². The normalized spacial score (nSPS) is 10.5. The van der Waals surface area contributed by atoms with Crippen LogP contribution in [0.2, 0.25) is 0 Å². The van der Waals surface area contributed by atoms with Crippen LogP contribution in [0.3, 0.4) is 0 Å². The van der Waals surface area contributed by atoms with Gasteiger partial charge in [0.15, 0.2) is 17.4 Å². The minimum absolute atomic E-state index is 0.0421. The van der Waals surface area contributed by atoms with Crippen molar-refractivity contribution >= 4 is 28.9 Å². The maximum absolute atomic E-state index is 13.3. The van der Waals surface area contributed by atoms with Crippen molar-refractivity contribution in [1.82, 2.24) is 9.97 Å². The predicted molar refractivity (Wildman–Crippen MR) is 96.1 cm³/mol. The predicted octanol–water partition coefficient (Wildman–Crippen LogP) is 4.75. The van der Waals surface area contributed by atoms with Gasteiger partial charge in [0.2, 0.25) is 5.95 Å². The van der Waals surface area contributed by atoms with E-state index in [2.05, 4.69) is 20.6 Å². The number of rotatable bonds is 5. The largest absolute Gasteiger partial charge is 0.340 e. The number of nitrogens with zero attached hydrogens (tertiary/aromatic N) is 2. The van der Waals surface area contributed by atoms with Gasteiger partial charge >= 0.3 is 0 Å². The van der Waals surface area contributed by atoms with Crippen LogP contribution in [0.5, 0.6) is 0 Å². The fourth-order valence-corrected chi connectivity index (χ4v) is 2.36. The molecule has 0 spiro atoms.